The van der Waals surface area contributed by atoms with Crippen molar-refractivity contribution < 1.29 is 9.13 Å². The first-order chi connectivity index (χ1) is 9.02. The van der Waals surface area contributed by atoms with Crippen LogP contribution in [0.25, 0.3) is 0 Å². The van der Waals surface area contributed by atoms with Crippen molar-refractivity contribution in [2.45, 2.75) is 5.38 Å². The van der Waals surface area contributed by atoms with E-state index in [0.717, 1.165) is 9.13 Å². The van der Waals surface area contributed by atoms with Gasteiger partial charge < -0.3 is 4.74 Å². The molecule has 0 amide bonds. The maximum Gasteiger partial charge on any atom is 0.124 e. The van der Waals surface area contributed by atoms with Crippen LogP contribution in [0.3, 0.4) is 0 Å². The zero-order valence-corrected chi connectivity index (χ0v) is 13.6. The monoisotopic (exact) mass is 410 g/mol. The van der Waals surface area contributed by atoms with Gasteiger partial charge in [0, 0.05) is 14.2 Å². The lowest BCUT2D eigenvalue weighted by atomic mass is 10.0. The number of halogens is 4. The molecule has 1 unspecified atom stereocenters. The van der Waals surface area contributed by atoms with Crippen molar-refractivity contribution in [1.82, 2.24) is 0 Å². The topological polar surface area (TPSA) is 9.23 Å². The minimum Gasteiger partial charge on any atom is -0.496 e. The van der Waals surface area contributed by atoms with E-state index in [1.807, 2.05) is 6.07 Å². The summed E-state index contributed by atoms with van der Waals surface area (Å²) in [5.41, 5.74) is 1.42. The van der Waals surface area contributed by atoms with Gasteiger partial charge in [-0.15, -0.1) is 11.6 Å². The molecule has 19 heavy (non-hydrogen) atoms. The Balaban J connectivity index is 2.51. The molecule has 100 valence electrons. The van der Waals surface area contributed by atoms with Gasteiger partial charge in [0.2, 0.25) is 0 Å². The van der Waals surface area contributed by atoms with Crippen molar-refractivity contribution in [1.29, 1.82) is 0 Å². The van der Waals surface area contributed by atoms with Gasteiger partial charge in [-0.05, 0) is 64.6 Å². The second kappa shape index (κ2) is 6.29. The molecular weight excluding hydrogens is 401 g/mol. The van der Waals surface area contributed by atoms with E-state index < -0.39 is 5.38 Å². The lowest BCUT2D eigenvalue weighted by Crippen LogP contribution is -2.00. The highest BCUT2D eigenvalue weighted by atomic mass is 127. The molecule has 0 aliphatic rings. The molecule has 5 heteroatoms. The Morgan fingerprint density at radius 2 is 1.89 bits per heavy atom. The van der Waals surface area contributed by atoms with Gasteiger partial charge in [0.25, 0.3) is 0 Å². The molecule has 0 radical (unpaired) electrons. The van der Waals surface area contributed by atoms with Crippen LogP contribution in [0.2, 0.25) is 5.02 Å². The number of benzene rings is 2. The maximum absolute atomic E-state index is 13.4. The molecule has 0 aliphatic carbocycles. The van der Waals surface area contributed by atoms with Crippen molar-refractivity contribution in [3.05, 3.63) is 61.9 Å². The second-order valence-electron chi connectivity index (χ2n) is 3.91. The van der Waals surface area contributed by atoms with Gasteiger partial charge >= 0.3 is 0 Å². The average Bonchev–Trinajstić information content (AvgIpc) is 2.40. The first-order valence-corrected chi connectivity index (χ1v) is 7.34. The van der Waals surface area contributed by atoms with E-state index in [4.69, 9.17) is 27.9 Å². The maximum atomic E-state index is 13.4. The first kappa shape index (κ1) is 14.9. The molecule has 0 saturated heterocycles. The average molecular weight is 411 g/mol. The molecule has 2 rings (SSSR count). The van der Waals surface area contributed by atoms with Crippen LogP contribution in [0.15, 0.2) is 36.4 Å². The van der Waals surface area contributed by atoms with Gasteiger partial charge in [0.05, 0.1) is 12.5 Å². The minimum atomic E-state index is -0.517. The van der Waals surface area contributed by atoms with Gasteiger partial charge in [-0.1, -0.05) is 11.6 Å². The highest BCUT2D eigenvalue weighted by Gasteiger charge is 2.19. The predicted octanol–water partition coefficient (Wildman–Crippen LogP) is 5.42. The van der Waals surface area contributed by atoms with Gasteiger partial charge in [-0.3, -0.25) is 0 Å². The van der Waals surface area contributed by atoms with Crippen LogP contribution in [-0.4, -0.2) is 7.11 Å². The van der Waals surface area contributed by atoms with E-state index in [0.29, 0.717) is 16.3 Å². The molecule has 0 spiro atoms. The van der Waals surface area contributed by atoms with Crippen molar-refractivity contribution >= 4 is 45.8 Å². The Morgan fingerprint density at radius 1 is 1.16 bits per heavy atom. The van der Waals surface area contributed by atoms with Crippen LogP contribution in [0.4, 0.5) is 4.39 Å². The number of hydrogen-bond donors (Lipinski definition) is 0. The van der Waals surface area contributed by atoms with E-state index in [9.17, 15) is 4.39 Å². The second-order valence-corrected chi connectivity index (χ2v) is 5.95. The summed E-state index contributed by atoms with van der Waals surface area (Å²) in [5, 5.41) is 0.0766. The quantitative estimate of drug-likeness (QED) is 0.484. The molecular formula is C14H10Cl2FIO. The van der Waals surface area contributed by atoms with Gasteiger partial charge in [0.1, 0.15) is 11.6 Å². The fraction of sp³-hybridized carbons (Fsp3) is 0.143. The number of methoxy groups -OCH3 is 1. The standard InChI is InChI=1S/C14H10Cl2FIO/c1-19-13-5-3-9(17)7-11(13)14(16)10-6-8(15)2-4-12(10)18/h2-7,14H,1H3. The van der Waals surface area contributed by atoms with Crippen LogP contribution < -0.4 is 4.74 Å². The normalized spacial score (nSPS) is 12.3. The van der Waals surface area contributed by atoms with Gasteiger partial charge in [0.15, 0.2) is 0 Å². The fourth-order valence-corrected chi connectivity index (χ4v) is 3.14. The van der Waals surface area contributed by atoms with E-state index in [1.54, 1.807) is 18.2 Å². The zero-order chi connectivity index (χ0) is 14.0. The Labute approximate surface area is 134 Å². The van der Waals surface area contributed by atoms with E-state index in [1.165, 1.54) is 19.2 Å². The SMILES string of the molecule is COc1ccc(F)cc1C(Cl)c1cc(Cl)ccc1I. The van der Waals surface area contributed by atoms with E-state index in [2.05, 4.69) is 22.6 Å². The number of hydrogen-bond acceptors (Lipinski definition) is 1. The van der Waals surface area contributed by atoms with E-state index in [-0.39, 0.29) is 5.82 Å². The molecule has 0 bridgehead atoms. The molecule has 1 atom stereocenters. The third-order valence-electron chi connectivity index (χ3n) is 2.70. The van der Waals surface area contributed by atoms with Crippen LogP contribution >= 0.6 is 45.8 Å². The molecule has 0 heterocycles. The smallest absolute Gasteiger partial charge is 0.124 e. The molecule has 0 N–H and O–H groups in total. The van der Waals surface area contributed by atoms with Gasteiger partial charge in [-0.25, -0.2) is 4.39 Å². The fourth-order valence-electron chi connectivity index (χ4n) is 1.78. The van der Waals surface area contributed by atoms with Crippen LogP contribution in [0.5, 0.6) is 5.75 Å². The summed E-state index contributed by atoms with van der Waals surface area (Å²) < 4.78 is 19.6. The predicted molar refractivity (Wildman–Crippen MR) is 84.8 cm³/mol. The summed E-state index contributed by atoms with van der Waals surface area (Å²) in [6.45, 7) is 0. The van der Waals surface area contributed by atoms with Crippen molar-refractivity contribution in [3.63, 3.8) is 0 Å². The highest BCUT2D eigenvalue weighted by molar-refractivity contribution is 14.1. The van der Waals surface area contributed by atoms with Crippen molar-refractivity contribution in [2.24, 2.45) is 0 Å². The van der Waals surface area contributed by atoms with Crippen LogP contribution in [0, 0.1) is 9.39 Å². The third-order valence-corrected chi connectivity index (χ3v) is 4.38. The zero-order valence-electron chi connectivity index (χ0n) is 9.96. The minimum absolute atomic E-state index is 0.349. The summed E-state index contributed by atoms with van der Waals surface area (Å²) >= 11 is 14.6. The largest absolute Gasteiger partial charge is 0.496 e. The summed E-state index contributed by atoms with van der Waals surface area (Å²) in [6.07, 6.45) is 0. The summed E-state index contributed by atoms with van der Waals surface area (Å²) in [4.78, 5) is 0. The van der Waals surface area contributed by atoms with Crippen molar-refractivity contribution in [2.75, 3.05) is 7.11 Å². The molecule has 2 aromatic rings. The Hall–Kier alpha value is -0.520. The van der Waals surface area contributed by atoms with E-state index >= 15 is 0 Å². The molecule has 0 fully saturated rings. The number of ether oxygens (including phenoxy) is 1. The Kier molecular flexibility index (Phi) is 4.92. The van der Waals surface area contributed by atoms with Crippen molar-refractivity contribution in [3.8, 4) is 5.75 Å². The summed E-state index contributed by atoms with van der Waals surface area (Å²) in [7, 11) is 1.53. The molecule has 1 nitrogen and oxygen atoms in total. The van der Waals surface area contributed by atoms with Gasteiger partial charge in [-0.2, -0.15) is 0 Å². The lowest BCUT2D eigenvalue weighted by Gasteiger charge is -2.16. The number of alkyl halides is 1. The third kappa shape index (κ3) is 3.33. The molecule has 2 aromatic carbocycles. The molecule has 0 aromatic heterocycles. The first-order valence-electron chi connectivity index (χ1n) is 5.45. The summed E-state index contributed by atoms with van der Waals surface area (Å²) in [6, 6.07) is 9.74. The van der Waals surface area contributed by atoms with Crippen LogP contribution in [-0.2, 0) is 0 Å². The Bertz CT molecular complexity index is 604. The number of rotatable bonds is 3. The summed E-state index contributed by atoms with van der Waals surface area (Å²) in [5.74, 6) is 0.204. The lowest BCUT2D eigenvalue weighted by molar-refractivity contribution is 0.409. The molecule has 0 aliphatic heterocycles. The Morgan fingerprint density at radius 3 is 2.58 bits per heavy atom. The van der Waals surface area contributed by atoms with Crippen LogP contribution in [0.1, 0.15) is 16.5 Å². The molecule has 0 saturated carbocycles. The highest BCUT2D eigenvalue weighted by Crippen LogP contribution is 2.38.